The first-order chi connectivity index (χ1) is 6.30. The summed E-state index contributed by atoms with van der Waals surface area (Å²) in [5.41, 5.74) is 5.66. The van der Waals surface area contributed by atoms with Gasteiger partial charge in [-0.25, -0.2) is 0 Å². The van der Waals surface area contributed by atoms with Crippen LogP contribution in [0, 0.1) is 5.41 Å². The van der Waals surface area contributed by atoms with Crippen molar-refractivity contribution in [3.05, 3.63) is 30.1 Å². The monoisotopic (exact) mass is 217 g/mol. The van der Waals surface area contributed by atoms with Crippen LogP contribution in [0.25, 0.3) is 0 Å². The first-order valence-electron chi connectivity index (χ1n) is 3.48. The largest absolute Gasteiger partial charge is 0.382 e. The second-order valence-electron chi connectivity index (χ2n) is 2.36. The molecule has 4 N–H and O–H groups in total. The molecule has 0 aliphatic heterocycles. The quantitative estimate of drug-likeness (QED) is 0.344. The molecule has 1 heterocycles. The second kappa shape index (κ2) is 5.30. The minimum atomic E-state index is -3.67. The number of hydrogen-bond acceptors (Lipinski definition) is 4. The smallest absolute Gasteiger partial charge is 0.261 e. The lowest BCUT2D eigenvalue weighted by atomic mass is 10.3. The summed E-state index contributed by atoms with van der Waals surface area (Å²) in [6, 6.07) is 5.28. The molecule has 0 unspecified atom stereocenters. The van der Waals surface area contributed by atoms with Crippen LogP contribution in [0.4, 0.5) is 0 Å². The third-order valence-electron chi connectivity index (χ3n) is 0.941. The molecule has 0 spiro atoms. The molecule has 6 nitrogen and oxygen atoms in total. The number of amidine groups is 1. The molecule has 0 aromatic carbocycles. The Hall–Kier alpha value is -1.47. The number of hydrogen-bond donors (Lipinski definition) is 3. The number of rotatable bonds is 1. The Kier molecular flexibility index (Phi) is 4.74. The molecule has 0 bridgehead atoms. The number of nitrogens with zero attached hydrogens (tertiary/aromatic N) is 1. The molecule has 0 aliphatic carbocycles. The maximum Gasteiger partial charge on any atom is 0.261 e. The molecule has 0 aliphatic rings. The topological polar surface area (TPSA) is 117 Å². The maximum absolute atomic E-state index is 9.19. The summed E-state index contributed by atoms with van der Waals surface area (Å²) in [5, 5.41) is 6.95. The van der Waals surface area contributed by atoms with E-state index in [1.54, 1.807) is 24.4 Å². The molecule has 0 saturated carbocycles. The van der Waals surface area contributed by atoms with Crippen molar-refractivity contribution >= 4 is 16.0 Å². The zero-order chi connectivity index (χ0) is 11.2. The predicted octanol–water partition coefficient (Wildman–Crippen LogP) is -0.130. The van der Waals surface area contributed by atoms with E-state index in [4.69, 9.17) is 15.7 Å². The number of nitrogen functional groups attached to an aromatic ring is 1. The van der Waals surface area contributed by atoms with E-state index in [0.29, 0.717) is 11.9 Å². The number of nitrogens with two attached hydrogens (primary N) is 1. The molecule has 0 fully saturated rings. The molecule has 0 saturated heterocycles. The van der Waals surface area contributed by atoms with Crippen molar-refractivity contribution in [2.75, 3.05) is 6.26 Å². The SMILES string of the molecule is CS(=O)(=O)O.N=C(N)c1ccccn1. The summed E-state index contributed by atoms with van der Waals surface area (Å²) in [6.07, 6.45) is 2.32. The first kappa shape index (κ1) is 12.5. The Bertz CT molecular complexity index is 380. The fraction of sp³-hybridized carbons (Fsp3) is 0.143. The van der Waals surface area contributed by atoms with Crippen molar-refractivity contribution < 1.29 is 13.0 Å². The molecule has 0 amide bonds. The molecule has 1 rings (SSSR count). The molecular formula is C7H11N3O3S. The molecule has 0 radical (unpaired) electrons. The Morgan fingerprint density at radius 2 is 2.07 bits per heavy atom. The van der Waals surface area contributed by atoms with Crippen molar-refractivity contribution in [3.63, 3.8) is 0 Å². The fourth-order valence-corrected chi connectivity index (χ4v) is 0.522. The van der Waals surface area contributed by atoms with Gasteiger partial charge in [0.05, 0.1) is 6.26 Å². The highest BCUT2D eigenvalue weighted by molar-refractivity contribution is 7.85. The lowest BCUT2D eigenvalue weighted by Gasteiger charge is -1.91. The highest BCUT2D eigenvalue weighted by Crippen LogP contribution is 1.88. The van der Waals surface area contributed by atoms with Gasteiger partial charge in [-0.15, -0.1) is 0 Å². The van der Waals surface area contributed by atoms with Gasteiger partial charge in [0.2, 0.25) is 0 Å². The Labute approximate surface area is 82.0 Å². The van der Waals surface area contributed by atoms with E-state index >= 15 is 0 Å². The second-order valence-corrected chi connectivity index (χ2v) is 3.83. The van der Waals surface area contributed by atoms with Gasteiger partial charge in [-0.3, -0.25) is 14.9 Å². The van der Waals surface area contributed by atoms with Crippen LogP contribution in [0.2, 0.25) is 0 Å². The molecule has 1 aromatic rings. The Balaban J connectivity index is 0.000000292. The molecule has 7 heteroatoms. The van der Waals surface area contributed by atoms with Gasteiger partial charge >= 0.3 is 0 Å². The van der Waals surface area contributed by atoms with Crippen LogP contribution in [-0.2, 0) is 10.1 Å². The van der Waals surface area contributed by atoms with E-state index in [0.717, 1.165) is 0 Å². The van der Waals surface area contributed by atoms with Gasteiger partial charge in [-0.2, -0.15) is 8.42 Å². The van der Waals surface area contributed by atoms with Crippen molar-refractivity contribution in [2.45, 2.75) is 0 Å². The molecule has 78 valence electrons. The number of nitrogens with one attached hydrogen (secondary N) is 1. The zero-order valence-electron chi connectivity index (χ0n) is 7.51. The molecule has 14 heavy (non-hydrogen) atoms. The van der Waals surface area contributed by atoms with E-state index in [1.165, 1.54) is 0 Å². The van der Waals surface area contributed by atoms with Crippen LogP contribution < -0.4 is 5.73 Å². The van der Waals surface area contributed by atoms with Crippen LogP contribution in [0.5, 0.6) is 0 Å². The maximum atomic E-state index is 9.19. The van der Waals surface area contributed by atoms with Gasteiger partial charge in [0.25, 0.3) is 10.1 Å². The summed E-state index contributed by atoms with van der Waals surface area (Å²) in [5.74, 6) is 0.00981. The van der Waals surface area contributed by atoms with Gasteiger partial charge < -0.3 is 5.73 Å². The summed E-state index contributed by atoms with van der Waals surface area (Å²) in [4.78, 5) is 3.83. The highest BCUT2D eigenvalue weighted by atomic mass is 32.2. The minimum absolute atomic E-state index is 0.00981. The van der Waals surface area contributed by atoms with Crippen molar-refractivity contribution in [1.82, 2.24) is 4.98 Å². The van der Waals surface area contributed by atoms with Crippen molar-refractivity contribution in [2.24, 2.45) is 5.73 Å². The minimum Gasteiger partial charge on any atom is -0.382 e. The first-order valence-corrected chi connectivity index (χ1v) is 5.33. The molecular weight excluding hydrogens is 206 g/mol. The lowest BCUT2D eigenvalue weighted by Crippen LogP contribution is -2.12. The third-order valence-corrected chi connectivity index (χ3v) is 0.941. The van der Waals surface area contributed by atoms with E-state index in [-0.39, 0.29) is 5.84 Å². The Morgan fingerprint density at radius 1 is 1.57 bits per heavy atom. The molecule has 0 atom stereocenters. The van der Waals surface area contributed by atoms with E-state index in [9.17, 15) is 8.42 Å². The van der Waals surface area contributed by atoms with Gasteiger partial charge in [0, 0.05) is 6.20 Å². The summed E-state index contributed by atoms with van der Waals surface area (Å²) < 4.78 is 25.9. The highest BCUT2D eigenvalue weighted by Gasteiger charge is 1.91. The van der Waals surface area contributed by atoms with Crippen LogP contribution in [0.1, 0.15) is 5.69 Å². The third kappa shape index (κ3) is 8.62. The average molecular weight is 217 g/mol. The van der Waals surface area contributed by atoms with Crippen molar-refractivity contribution in [3.8, 4) is 0 Å². The van der Waals surface area contributed by atoms with Gasteiger partial charge in [-0.05, 0) is 12.1 Å². The average Bonchev–Trinajstić information content (AvgIpc) is 2.03. The summed E-state index contributed by atoms with van der Waals surface area (Å²) in [6.45, 7) is 0. The molecule has 1 aromatic heterocycles. The van der Waals surface area contributed by atoms with Crippen LogP contribution >= 0.6 is 0 Å². The van der Waals surface area contributed by atoms with Gasteiger partial charge in [-0.1, -0.05) is 6.07 Å². The standard InChI is InChI=1S/C6H7N3.CH4O3S/c7-6(8)5-3-1-2-4-9-5;1-5(2,3)4/h1-4H,(H3,7,8);1H3,(H,2,3,4). The predicted molar refractivity (Wildman–Crippen MR) is 52.7 cm³/mol. The summed E-state index contributed by atoms with van der Waals surface area (Å²) >= 11 is 0. The van der Waals surface area contributed by atoms with E-state index < -0.39 is 10.1 Å². The summed E-state index contributed by atoms with van der Waals surface area (Å²) in [7, 11) is -3.67. The van der Waals surface area contributed by atoms with E-state index in [1.807, 2.05) is 0 Å². The van der Waals surface area contributed by atoms with E-state index in [2.05, 4.69) is 4.98 Å². The zero-order valence-corrected chi connectivity index (χ0v) is 8.32. The van der Waals surface area contributed by atoms with Crippen molar-refractivity contribution in [1.29, 1.82) is 5.41 Å². The normalized spacial score (nSPS) is 9.86. The lowest BCUT2D eigenvalue weighted by molar-refractivity contribution is 0.490. The van der Waals surface area contributed by atoms with Crippen LogP contribution in [0.15, 0.2) is 24.4 Å². The number of pyridine rings is 1. The number of aromatic nitrogens is 1. The van der Waals surface area contributed by atoms with Gasteiger partial charge in [0.15, 0.2) is 0 Å². The Morgan fingerprint density at radius 3 is 2.29 bits per heavy atom. The fourth-order valence-electron chi connectivity index (χ4n) is 0.522. The van der Waals surface area contributed by atoms with Crippen LogP contribution in [-0.4, -0.2) is 30.0 Å². The van der Waals surface area contributed by atoms with Gasteiger partial charge in [0.1, 0.15) is 11.5 Å². The van der Waals surface area contributed by atoms with Crippen LogP contribution in [0.3, 0.4) is 0 Å².